The zero-order chi connectivity index (χ0) is 13.1. The smallest absolute Gasteiger partial charge is 0.140 e. The lowest BCUT2D eigenvalue weighted by Crippen LogP contribution is -2.30. The van der Waals surface area contributed by atoms with E-state index >= 15 is 0 Å². The Hall–Kier alpha value is -1.91. The van der Waals surface area contributed by atoms with Crippen molar-refractivity contribution in [3.63, 3.8) is 0 Å². The van der Waals surface area contributed by atoms with Gasteiger partial charge in [-0.2, -0.15) is 0 Å². The van der Waals surface area contributed by atoms with Crippen LogP contribution in [-0.4, -0.2) is 16.4 Å². The Kier molecular flexibility index (Phi) is 3.44. The third-order valence-electron chi connectivity index (χ3n) is 3.59. The number of rotatable bonds is 3. The maximum atomic E-state index is 5.39. The molecule has 1 aromatic carbocycles. The van der Waals surface area contributed by atoms with E-state index in [4.69, 9.17) is 5.84 Å². The summed E-state index contributed by atoms with van der Waals surface area (Å²) in [5.41, 5.74) is 6.76. The molecule has 0 amide bonds. The van der Waals surface area contributed by atoms with Crippen LogP contribution in [-0.2, 0) is 19.5 Å². The van der Waals surface area contributed by atoms with E-state index in [-0.39, 0.29) is 0 Å². The highest BCUT2D eigenvalue weighted by molar-refractivity contribution is 5.36. The monoisotopic (exact) mass is 254 g/mol. The summed E-state index contributed by atoms with van der Waals surface area (Å²) in [6, 6.07) is 12.7. The molecule has 0 bridgehead atoms. The van der Waals surface area contributed by atoms with Gasteiger partial charge in [-0.25, -0.2) is 10.8 Å². The van der Waals surface area contributed by atoms with Gasteiger partial charge in [-0.3, -0.25) is 4.90 Å². The van der Waals surface area contributed by atoms with Crippen LogP contribution in [0.25, 0.3) is 0 Å². The third kappa shape index (κ3) is 2.75. The first-order valence-electron chi connectivity index (χ1n) is 6.56. The Bertz CT molecular complexity index is 568. The minimum Gasteiger partial charge on any atom is -0.308 e. The van der Waals surface area contributed by atoms with Crippen molar-refractivity contribution in [3.8, 4) is 0 Å². The van der Waals surface area contributed by atoms with E-state index in [1.54, 1.807) is 6.20 Å². The first-order valence-corrected chi connectivity index (χ1v) is 6.56. The molecule has 4 heteroatoms. The molecule has 0 aliphatic carbocycles. The number of nitrogens with one attached hydrogen (secondary N) is 1. The number of benzene rings is 1. The topological polar surface area (TPSA) is 54.2 Å². The van der Waals surface area contributed by atoms with Gasteiger partial charge in [-0.1, -0.05) is 24.3 Å². The van der Waals surface area contributed by atoms with E-state index in [1.807, 2.05) is 12.1 Å². The number of nitrogens with two attached hydrogens (primary N) is 1. The summed E-state index contributed by atoms with van der Waals surface area (Å²) in [5, 5.41) is 0. The van der Waals surface area contributed by atoms with Crippen LogP contribution in [0.5, 0.6) is 0 Å². The molecule has 1 aromatic heterocycles. The molecule has 0 saturated carbocycles. The van der Waals surface area contributed by atoms with Gasteiger partial charge in [0.1, 0.15) is 5.82 Å². The van der Waals surface area contributed by atoms with E-state index in [0.29, 0.717) is 0 Å². The molecule has 3 N–H and O–H groups in total. The summed E-state index contributed by atoms with van der Waals surface area (Å²) in [7, 11) is 0. The number of aromatic nitrogens is 1. The molecule has 0 spiro atoms. The standard InChI is InChI=1S/C15H18N4/c16-18-15-9-12(5-7-17-15)10-19-8-6-13-3-1-2-4-14(13)11-19/h1-5,7,9H,6,8,10-11,16H2,(H,17,18). The maximum absolute atomic E-state index is 5.39. The molecule has 19 heavy (non-hydrogen) atoms. The average Bonchev–Trinajstić information content (AvgIpc) is 2.47. The number of nitrogens with zero attached hydrogens (tertiary/aromatic N) is 2. The lowest BCUT2D eigenvalue weighted by Gasteiger charge is -2.28. The predicted molar refractivity (Wildman–Crippen MR) is 76.3 cm³/mol. The number of fused-ring (bicyclic) bond motifs is 1. The van der Waals surface area contributed by atoms with Crippen LogP contribution in [0, 0.1) is 0 Å². The van der Waals surface area contributed by atoms with Crippen LogP contribution >= 0.6 is 0 Å². The van der Waals surface area contributed by atoms with Crippen molar-refractivity contribution in [2.24, 2.45) is 5.84 Å². The van der Waals surface area contributed by atoms with Gasteiger partial charge in [0, 0.05) is 25.8 Å². The van der Waals surface area contributed by atoms with E-state index in [0.717, 1.165) is 31.9 Å². The number of pyridine rings is 1. The maximum Gasteiger partial charge on any atom is 0.140 e. The molecule has 98 valence electrons. The van der Waals surface area contributed by atoms with Crippen molar-refractivity contribution in [1.29, 1.82) is 0 Å². The molecule has 4 nitrogen and oxygen atoms in total. The molecule has 3 rings (SSSR count). The third-order valence-corrected chi connectivity index (χ3v) is 3.59. The molecule has 2 aromatic rings. The Balaban J connectivity index is 1.71. The quantitative estimate of drug-likeness (QED) is 0.649. The largest absolute Gasteiger partial charge is 0.308 e. The zero-order valence-corrected chi connectivity index (χ0v) is 10.8. The molecule has 0 saturated heterocycles. The van der Waals surface area contributed by atoms with Gasteiger partial charge in [0.25, 0.3) is 0 Å². The first kappa shape index (κ1) is 12.1. The summed E-state index contributed by atoms with van der Waals surface area (Å²) >= 11 is 0. The Morgan fingerprint density at radius 3 is 2.89 bits per heavy atom. The average molecular weight is 254 g/mol. The molecule has 1 aliphatic rings. The SMILES string of the molecule is NNc1cc(CN2CCc3ccccc3C2)ccn1. The van der Waals surface area contributed by atoms with Crippen molar-refractivity contribution >= 4 is 5.82 Å². The van der Waals surface area contributed by atoms with Crippen LogP contribution in [0.3, 0.4) is 0 Å². The Labute approximate surface area is 113 Å². The highest BCUT2D eigenvalue weighted by Gasteiger charge is 2.15. The second-order valence-corrected chi connectivity index (χ2v) is 4.92. The fourth-order valence-electron chi connectivity index (χ4n) is 2.60. The van der Waals surface area contributed by atoms with Crippen molar-refractivity contribution in [2.75, 3.05) is 12.0 Å². The molecule has 0 atom stereocenters. The van der Waals surface area contributed by atoms with Gasteiger partial charge in [-0.15, -0.1) is 0 Å². The minimum absolute atomic E-state index is 0.718. The first-order chi connectivity index (χ1) is 9.35. The van der Waals surface area contributed by atoms with E-state index < -0.39 is 0 Å². The molecule has 2 heterocycles. The second kappa shape index (κ2) is 5.38. The Morgan fingerprint density at radius 1 is 1.21 bits per heavy atom. The fourth-order valence-corrected chi connectivity index (χ4v) is 2.60. The van der Waals surface area contributed by atoms with Gasteiger partial charge in [0.2, 0.25) is 0 Å². The molecule has 0 unspecified atom stereocenters. The van der Waals surface area contributed by atoms with Crippen molar-refractivity contribution < 1.29 is 0 Å². The van der Waals surface area contributed by atoms with E-state index in [1.165, 1.54) is 16.7 Å². The number of hydrazine groups is 1. The highest BCUT2D eigenvalue weighted by atomic mass is 15.2. The molecular formula is C15H18N4. The van der Waals surface area contributed by atoms with Gasteiger partial charge in [0.05, 0.1) is 0 Å². The van der Waals surface area contributed by atoms with E-state index in [9.17, 15) is 0 Å². The van der Waals surface area contributed by atoms with Crippen LogP contribution in [0.2, 0.25) is 0 Å². The molecule has 0 fully saturated rings. The molecule has 1 aliphatic heterocycles. The number of nitrogen functional groups attached to an aromatic ring is 1. The van der Waals surface area contributed by atoms with Gasteiger partial charge < -0.3 is 5.43 Å². The van der Waals surface area contributed by atoms with Gasteiger partial charge in [-0.05, 0) is 35.2 Å². The van der Waals surface area contributed by atoms with Crippen molar-refractivity contribution in [2.45, 2.75) is 19.5 Å². The van der Waals surface area contributed by atoms with Crippen LogP contribution < -0.4 is 11.3 Å². The summed E-state index contributed by atoms with van der Waals surface area (Å²) < 4.78 is 0. The van der Waals surface area contributed by atoms with Gasteiger partial charge in [0.15, 0.2) is 0 Å². The van der Waals surface area contributed by atoms with Crippen molar-refractivity contribution in [1.82, 2.24) is 9.88 Å². The lowest BCUT2D eigenvalue weighted by molar-refractivity contribution is 0.245. The number of hydrogen-bond acceptors (Lipinski definition) is 4. The van der Waals surface area contributed by atoms with Crippen LogP contribution in [0.1, 0.15) is 16.7 Å². The molecule has 0 radical (unpaired) electrons. The predicted octanol–water partition coefficient (Wildman–Crippen LogP) is 1.93. The minimum atomic E-state index is 0.718. The van der Waals surface area contributed by atoms with Crippen molar-refractivity contribution in [3.05, 3.63) is 59.3 Å². The summed E-state index contributed by atoms with van der Waals surface area (Å²) in [4.78, 5) is 6.59. The zero-order valence-electron chi connectivity index (χ0n) is 10.8. The second-order valence-electron chi connectivity index (χ2n) is 4.92. The summed E-state index contributed by atoms with van der Waals surface area (Å²) in [6.07, 6.45) is 2.92. The summed E-state index contributed by atoms with van der Waals surface area (Å²) in [5.74, 6) is 6.11. The van der Waals surface area contributed by atoms with Crippen LogP contribution in [0.4, 0.5) is 5.82 Å². The normalized spacial score (nSPS) is 15.0. The fraction of sp³-hybridized carbons (Fsp3) is 0.267. The summed E-state index contributed by atoms with van der Waals surface area (Å²) in [6.45, 7) is 3.06. The number of anilines is 1. The van der Waals surface area contributed by atoms with Gasteiger partial charge >= 0.3 is 0 Å². The highest BCUT2D eigenvalue weighted by Crippen LogP contribution is 2.20. The van der Waals surface area contributed by atoms with Crippen LogP contribution in [0.15, 0.2) is 42.6 Å². The Morgan fingerprint density at radius 2 is 2.05 bits per heavy atom. The lowest BCUT2D eigenvalue weighted by atomic mass is 9.99. The molecular weight excluding hydrogens is 236 g/mol. The number of hydrogen-bond donors (Lipinski definition) is 2. The van der Waals surface area contributed by atoms with E-state index in [2.05, 4.69) is 39.6 Å².